The number of hydrogen-bond donors (Lipinski definition) is 2. The predicted molar refractivity (Wildman–Crippen MR) is 131 cm³/mol. The zero-order valence-corrected chi connectivity index (χ0v) is 20.2. The Balaban J connectivity index is 1.82. The van der Waals surface area contributed by atoms with Gasteiger partial charge in [-0.3, -0.25) is 14.3 Å². The fourth-order valence-electron chi connectivity index (χ4n) is 3.86. The number of nitrogens with zero attached hydrogens (tertiary/aromatic N) is 4. The molecular weight excluding hydrogens is 416 g/mol. The number of nitrogens with one attached hydrogen (secondary N) is 2. The maximum atomic E-state index is 13.3. The maximum Gasteiger partial charge on any atom is 0.255 e. The van der Waals surface area contributed by atoms with Gasteiger partial charge in [-0.25, -0.2) is 4.99 Å². The number of aryl methyl sites for hydroxylation is 2. The molecule has 0 saturated carbocycles. The van der Waals surface area contributed by atoms with E-state index in [0.717, 1.165) is 16.8 Å². The van der Waals surface area contributed by atoms with Crippen molar-refractivity contribution in [1.29, 1.82) is 0 Å². The van der Waals surface area contributed by atoms with E-state index in [-0.39, 0.29) is 17.7 Å². The van der Waals surface area contributed by atoms with Crippen molar-refractivity contribution < 1.29 is 9.59 Å². The van der Waals surface area contributed by atoms with E-state index in [1.807, 2.05) is 40.9 Å². The van der Waals surface area contributed by atoms with Gasteiger partial charge in [-0.1, -0.05) is 32.6 Å². The summed E-state index contributed by atoms with van der Waals surface area (Å²) >= 11 is 0. The number of likely N-dealkylation sites (tertiary alicyclic amines) is 1. The van der Waals surface area contributed by atoms with Gasteiger partial charge in [0.05, 0.1) is 23.2 Å². The standard InChI is InChI=1S/C25H34N6O2/c1-8-21(18-10-27-30(7)12-18)28-23-17(6)26-11-20(23)24(32)29-22(9-15(2)3)25(33)31-13-19(14-31)16(4)5/h8,10-12,15,19,22,26H,1,4,9,13-14H2,2-3,5-7H3,(H,29,32)/b28-21+/t22-/m1/s1. The summed E-state index contributed by atoms with van der Waals surface area (Å²) in [6.45, 7) is 17.1. The molecule has 8 heteroatoms. The Morgan fingerprint density at radius 1 is 1.39 bits per heavy atom. The van der Waals surface area contributed by atoms with E-state index in [4.69, 9.17) is 4.99 Å². The van der Waals surface area contributed by atoms with Crippen LogP contribution in [-0.2, 0) is 11.8 Å². The highest BCUT2D eigenvalue weighted by molar-refractivity contribution is 6.11. The molecule has 0 radical (unpaired) electrons. The molecule has 2 aromatic rings. The van der Waals surface area contributed by atoms with Crippen LogP contribution in [0.3, 0.4) is 0 Å². The summed E-state index contributed by atoms with van der Waals surface area (Å²) in [5.74, 6) is 0.209. The first-order valence-corrected chi connectivity index (χ1v) is 11.2. The molecule has 0 spiro atoms. The van der Waals surface area contributed by atoms with Gasteiger partial charge in [0, 0.05) is 49.7 Å². The first kappa shape index (κ1) is 24.2. The van der Waals surface area contributed by atoms with Crippen molar-refractivity contribution in [2.75, 3.05) is 13.1 Å². The van der Waals surface area contributed by atoms with E-state index in [9.17, 15) is 9.59 Å². The van der Waals surface area contributed by atoms with Crippen LogP contribution in [0.5, 0.6) is 0 Å². The largest absolute Gasteiger partial charge is 0.363 e. The molecule has 1 atom stereocenters. The third-order valence-electron chi connectivity index (χ3n) is 5.91. The molecule has 8 nitrogen and oxygen atoms in total. The molecule has 1 saturated heterocycles. The van der Waals surface area contributed by atoms with E-state index in [0.29, 0.717) is 42.4 Å². The summed E-state index contributed by atoms with van der Waals surface area (Å²) in [5, 5.41) is 7.14. The first-order chi connectivity index (χ1) is 15.6. The molecule has 1 fully saturated rings. The minimum atomic E-state index is -0.590. The summed E-state index contributed by atoms with van der Waals surface area (Å²) in [4.78, 5) is 36.0. The first-order valence-electron chi connectivity index (χ1n) is 11.2. The molecule has 0 aromatic carbocycles. The van der Waals surface area contributed by atoms with Crippen molar-refractivity contribution in [3.05, 3.63) is 60.2 Å². The van der Waals surface area contributed by atoms with Crippen LogP contribution >= 0.6 is 0 Å². The molecule has 2 N–H and O–H groups in total. The van der Waals surface area contributed by atoms with Gasteiger partial charge in [-0.05, 0) is 32.3 Å². The smallest absolute Gasteiger partial charge is 0.255 e. The second-order valence-electron chi connectivity index (χ2n) is 9.22. The SMILES string of the molecule is C=C/C(=N\c1c(C(=O)N[C@H](CC(C)C)C(=O)N2CC(C(=C)C)C2)c[nH]c1C)c1cnn(C)c1. The highest BCUT2D eigenvalue weighted by atomic mass is 16.2. The Hall–Kier alpha value is -3.42. The number of aromatic nitrogens is 3. The average molecular weight is 451 g/mol. The van der Waals surface area contributed by atoms with Crippen LogP contribution < -0.4 is 5.32 Å². The molecule has 2 aromatic heterocycles. The van der Waals surface area contributed by atoms with Gasteiger partial charge < -0.3 is 15.2 Å². The van der Waals surface area contributed by atoms with Crippen LogP contribution in [-0.4, -0.2) is 56.3 Å². The van der Waals surface area contributed by atoms with Gasteiger partial charge in [0.1, 0.15) is 6.04 Å². The molecule has 1 aliphatic rings. The molecule has 1 aliphatic heterocycles. The van der Waals surface area contributed by atoms with Crippen molar-refractivity contribution in [2.45, 2.75) is 40.2 Å². The maximum absolute atomic E-state index is 13.3. The average Bonchev–Trinajstić information content (AvgIpc) is 3.29. The fraction of sp³-hybridized carbons (Fsp3) is 0.440. The van der Waals surface area contributed by atoms with Crippen molar-refractivity contribution in [2.24, 2.45) is 23.9 Å². The quantitative estimate of drug-likeness (QED) is 0.452. The van der Waals surface area contributed by atoms with Gasteiger partial charge in [0.25, 0.3) is 5.91 Å². The van der Waals surface area contributed by atoms with Crippen LogP contribution in [0.25, 0.3) is 0 Å². The predicted octanol–water partition coefficient (Wildman–Crippen LogP) is 3.54. The zero-order chi connectivity index (χ0) is 24.3. The van der Waals surface area contributed by atoms with Crippen molar-refractivity contribution in [3.8, 4) is 0 Å². The van der Waals surface area contributed by atoms with E-state index >= 15 is 0 Å². The fourth-order valence-corrected chi connectivity index (χ4v) is 3.86. The van der Waals surface area contributed by atoms with E-state index in [2.05, 4.69) is 28.6 Å². The number of carbonyl (C=O) groups is 2. The lowest BCUT2D eigenvalue weighted by Crippen LogP contribution is -2.57. The highest BCUT2D eigenvalue weighted by Crippen LogP contribution is 2.27. The molecule has 2 amide bonds. The Morgan fingerprint density at radius 2 is 2.09 bits per heavy atom. The summed E-state index contributed by atoms with van der Waals surface area (Å²) < 4.78 is 1.68. The van der Waals surface area contributed by atoms with Gasteiger partial charge in [0.2, 0.25) is 5.91 Å². The molecule has 0 bridgehead atoms. The summed E-state index contributed by atoms with van der Waals surface area (Å²) in [6, 6.07) is -0.590. The molecular formula is C25H34N6O2. The lowest BCUT2D eigenvalue weighted by Gasteiger charge is -2.41. The molecule has 176 valence electrons. The minimum Gasteiger partial charge on any atom is -0.363 e. The normalized spacial score (nSPS) is 15.3. The molecule has 3 rings (SSSR count). The number of hydrogen-bond acceptors (Lipinski definition) is 4. The third kappa shape index (κ3) is 5.50. The van der Waals surface area contributed by atoms with Crippen molar-refractivity contribution in [3.63, 3.8) is 0 Å². The van der Waals surface area contributed by atoms with Crippen molar-refractivity contribution >= 4 is 23.2 Å². The molecule has 33 heavy (non-hydrogen) atoms. The molecule has 0 aliphatic carbocycles. The summed E-state index contributed by atoms with van der Waals surface area (Å²) in [6.07, 6.45) is 7.37. The Labute approximate surface area is 195 Å². The monoisotopic (exact) mass is 450 g/mol. The topological polar surface area (TPSA) is 95.4 Å². The lowest BCUT2D eigenvalue weighted by molar-refractivity contribution is -0.139. The van der Waals surface area contributed by atoms with E-state index in [1.165, 1.54) is 0 Å². The Morgan fingerprint density at radius 3 is 2.64 bits per heavy atom. The van der Waals surface area contributed by atoms with Gasteiger partial charge in [0.15, 0.2) is 0 Å². The van der Waals surface area contributed by atoms with Crippen LogP contribution in [0.1, 0.15) is 48.8 Å². The number of aliphatic imine (C=N–C) groups is 1. The number of aromatic amines is 1. The lowest BCUT2D eigenvalue weighted by atomic mass is 9.91. The van der Waals surface area contributed by atoms with Crippen LogP contribution in [0.4, 0.5) is 5.69 Å². The number of carbonyl (C=O) groups excluding carboxylic acids is 2. The Bertz CT molecular complexity index is 1080. The second kappa shape index (κ2) is 10.0. The number of allylic oxidation sites excluding steroid dienone is 1. The Kier molecular flexibility index (Phi) is 7.36. The summed E-state index contributed by atoms with van der Waals surface area (Å²) in [5.41, 5.74) is 4.16. The van der Waals surface area contributed by atoms with E-state index < -0.39 is 6.04 Å². The summed E-state index contributed by atoms with van der Waals surface area (Å²) in [7, 11) is 1.83. The highest BCUT2D eigenvalue weighted by Gasteiger charge is 2.36. The number of amides is 2. The van der Waals surface area contributed by atoms with E-state index in [1.54, 1.807) is 28.1 Å². The number of rotatable bonds is 9. The number of H-pyrrole nitrogens is 1. The van der Waals surface area contributed by atoms with Gasteiger partial charge >= 0.3 is 0 Å². The second-order valence-corrected chi connectivity index (χ2v) is 9.22. The van der Waals surface area contributed by atoms with Gasteiger partial charge in [-0.2, -0.15) is 5.10 Å². The van der Waals surface area contributed by atoms with Gasteiger partial charge in [-0.15, -0.1) is 0 Å². The third-order valence-corrected chi connectivity index (χ3v) is 5.91. The van der Waals surface area contributed by atoms with Crippen LogP contribution in [0.15, 0.2) is 48.4 Å². The molecule has 0 unspecified atom stereocenters. The van der Waals surface area contributed by atoms with Crippen LogP contribution in [0.2, 0.25) is 0 Å². The van der Waals surface area contributed by atoms with Crippen LogP contribution in [0, 0.1) is 18.8 Å². The van der Waals surface area contributed by atoms with Crippen molar-refractivity contribution in [1.82, 2.24) is 25.0 Å². The molecule has 3 heterocycles. The minimum absolute atomic E-state index is 0.0472. The zero-order valence-electron chi connectivity index (χ0n) is 20.2.